The molecule has 0 atom stereocenters. The lowest BCUT2D eigenvalue weighted by Crippen LogP contribution is -2.39. The average Bonchev–Trinajstić information content (AvgIpc) is 2.59. The van der Waals surface area contributed by atoms with Crippen molar-refractivity contribution >= 4 is 17.5 Å². The van der Waals surface area contributed by atoms with Crippen molar-refractivity contribution in [2.24, 2.45) is 0 Å². The van der Waals surface area contributed by atoms with Gasteiger partial charge in [0.1, 0.15) is 12.3 Å². The quantitative estimate of drug-likeness (QED) is 0.828. The van der Waals surface area contributed by atoms with Crippen molar-refractivity contribution in [3.8, 4) is 5.75 Å². The SMILES string of the molecule is CC(=O)N(CC(=O)NCc1ccc(C)cc1)c1ccc(OC(C)C)cc1. The maximum atomic E-state index is 12.3. The largest absolute Gasteiger partial charge is 0.491 e. The van der Waals surface area contributed by atoms with E-state index in [-0.39, 0.29) is 24.5 Å². The average molecular weight is 354 g/mol. The maximum absolute atomic E-state index is 12.3. The molecule has 0 aromatic heterocycles. The standard InChI is InChI=1S/C21H26N2O3/c1-15(2)26-20-11-9-19(10-12-20)23(17(4)24)14-21(25)22-13-18-7-5-16(3)6-8-18/h5-12,15H,13-14H2,1-4H3,(H,22,25). The number of rotatable bonds is 7. The number of aryl methyl sites for hydroxylation is 1. The lowest BCUT2D eigenvalue weighted by molar-refractivity contribution is -0.123. The first-order valence-electron chi connectivity index (χ1n) is 8.72. The highest BCUT2D eigenvalue weighted by Crippen LogP contribution is 2.20. The summed E-state index contributed by atoms with van der Waals surface area (Å²) >= 11 is 0. The summed E-state index contributed by atoms with van der Waals surface area (Å²) in [7, 11) is 0. The lowest BCUT2D eigenvalue weighted by atomic mass is 10.1. The molecule has 2 rings (SSSR count). The Hall–Kier alpha value is -2.82. The van der Waals surface area contributed by atoms with Gasteiger partial charge >= 0.3 is 0 Å². The zero-order valence-corrected chi connectivity index (χ0v) is 15.8. The minimum Gasteiger partial charge on any atom is -0.491 e. The van der Waals surface area contributed by atoms with E-state index in [0.717, 1.165) is 11.3 Å². The van der Waals surface area contributed by atoms with Crippen LogP contribution in [0.25, 0.3) is 0 Å². The Morgan fingerprint density at radius 1 is 1.04 bits per heavy atom. The normalized spacial score (nSPS) is 10.5. The van der Waals surface area contributed by atoms with E-state index in [1.54, 1.807) is 24.3 Å². The molecule has 0 spiro atoms. The van der Waals surface area contributed by atoms with Crippen molar-refractivity contribution in [3.05, 3.63) is 59.7 Å². The molecule has 2 amide bonds. The summed E-state index contributed by atoms with van der Waals surface area (Å²) in [6.45, 7) is 7.79. The monoisotopic (exact) mass is 354 g/mol. The van der Waals surface area contributed by atoms with Crippen LogP contribution in [-0.4, -0.2) is 24.5 Å². The number of benzene rings is 2. The van der Waals surface area contributed by atoms with Crippen molar-refractivity contribution in [3.63, 3.8) is 0 Å². The van der Waals surface area contributed by atoms with E-state index in [2.05, 4.69) is 5.32 Å². The minimum atomic E-state index is -0.205. The second-order valence-electron chi connectivity index (χ2n) is 6.53. The highest BCUT2D eigenvalue weighted by molar-refractivity contribution is 5.97. The Bertz CT molecular complexity index is 737. The molecule has 2 aromatic carbocycles. The van der Waals surface area contributed by atoms with Gasteiger partial charge in [-0.15, -0.1) is 0 Å². The van der Waals surface area contributed by atoms with Crippen molar-refractivity contribution in [1.29, 1.82) is 0 Å². The van der Waals surface area contributed by atoms with Crippen molar-refractivity contribution in [2.45, 2.75) is 40.3 Å². The molecule has 0 aliphatic rings. The summed E-state index contributed by atoms with van der Waals surface area (Å²) in [4.78, 5) is 25.7. The van der Waals surface area contributed by atoms with Gasteiger partial charge in [0.2, 0.25) is 11.8 Å². The summed E-state index contributed by atoms with van der Waals surface area (Å²) in [5.74, 6) is 0.340. The maximum Gasteiger partial charge on any atom is 0.240 e. The van der Waals surface area contributed by atoms with E-state index >= 15 is 0 Å². The van der Waals surface area contributed by atoms with Gasteiger partial charge in [-0.05, 0) is 50.6 Å². The molecule has 5 heteroatoms. The Labute approximate surface area is 155 Å². The number of anilines is 1. The van der Waals surface area contributed by atoms with Gasteiger partial charge in [-0.2, -0.15) is 0 Å². The highest BCUT2D eigenvalue weighted by atomic mass is 16.5. The van der Waals surface area contributed by atoms with Crippen LogP contribution in [0.3, 0.4) is 0 Å². The Balaban J connectivity index is 1.97. The first-order valence-corrected chi connectivity index (χ1v) is 8.72. The summed E-state index contributed by atoms with van der Waals surface area (Å²) in [5.41, 5.74) is 2.86. The third kappa shape index (κ3) is 5.92. The predicted octanol–water partition coefficient (Wildman–Crippen LogP) is 3.45. The molecular formula is C21H26N2O3. The van der Waals surface area contributed by atoms with Crippen molar-refractivity contribution in [2.75, 3.05) is 11.4 Å². The third-order valence-corrected chi connectivity index (χ3v) is 3.81. The Kier molecular flexibility index (Phi) is 6.78. The molecule has 0 aliphatic heterocycles. The van der Waals surface area contributed by atoms with Crippen LogP contribution < -0.4 is 15.0 Å². The smallest absolute Gasteiger partial charge is 0.240 e. The molecule has 26 heavy (non-hydrogen) atoms. The first-order chi connectivity index (χ1) is 12.3. The molecule has 0 fully saturated rings. The summed E-state index contributed by atoms with van der Waals surface area (Å²) in [5, 5.41) is 2.85. The van der Waals surface area contributed by atoms with Gasteiger partial charge in [-0.3, -0.25) is 9.59 Å². The number of amides is 2. The second kappa shape index (κ2) is 9.04. The first kappa shape index (κ1) is 19.5. The number of hydrogen-bond acceptors (Lipinski definition) is 3. The second-order valence-corrected chi connectivity index (χ2v) is 6.53. The summed E-state index contributed by atoms with van der Waals surface area (Å²) in [6.07, 6.45) is 0.0808. The topological polar surface area (TPSA) is 58.6 Å². The zero-order chi connectivity index (χ0) is 19.1. The number of ether oxygens (including phenoxy) is 1. The van der Waals surface area contributed by atoms with Crippen LogP contribution in [0.2, 0.25) is 0 Å². The molecule has 0 heterocycles. The van der Waals surface area contributed by atoms with Crippen molar-refractivity contribution < 1.29 is 14.3 Å². The van der Waals surface area contributed by atoms with E-state index in [1.807, 2.05) is 45.0 Å². The zero-order valence-electron chi connectivity index (χ0n) is 15.8. The number of carbonyl (C=O) groups is 2. The molecule has 2 aromatic rings. The molecule has 138 valence electrons. The predicted molar refractivity (Wildman–Crippen MR) is 103 cm³/mol. The van der Waals surface area contributed by atoms with Gasteiger partial charge in [0.05, 0.1) is 6.10 Å². The van der Waals surface area contributed by atoms with E-state index in [0.29, 0.717) is 12.2 Å². The van der Waals surface area contributed by atoms with Crippen molar-refractivity contribution in [1.82, 2.24) is 5.32 Å². The molecule has 0 bridgehead atoms. The number of nitrogens with zero attached hydrogens (tertiary/aromatic N) is 1. The molecule has 0 unspecified atom stereocenters. The van der Waals surface area contributed by atoms with Crippen LogP contribution in [0.15, 0.2) is 48.5 Å². The van der Waals surface area contributed by atoms with Gasteiger partial charge in [-0.1, -0.05) is 29.8 Å². The number of nitrogens with one attached hydrogen (secondary N) is 1. The fraction of sp³-hybridized carbons (Fsp3) is 0.333. The van der Waals surface area contributed by atoms with Crippen LogP contribution in [0.4, 0.5) is 5.69 Å². The molecule has 1 N–H and O–H groups in total. The molecule has 0 saturated carbocycles. The fourth-order valence-corrected chi connectivity index (χ4v) is 2.47. The van der Waals surface area contributed by atoms with E-state index in [4.69, 9.17) is 4.74 Å². The molecule has 0 saturated heterocycles. The van der Waals surface area contributed by atoms with Gasteiger partial charge in [0.25, 0.3) is 0 Å². The fourth-order valence-electron chi connectivity index (χ4n) is 2.47. The molecule has 5 nitrogen and oxygen atoms in total. The molecule has 0 aliphatic carbocycles. The van der Waals surface area contributed by atoms with Gasteiger partial charge in [-0.25, -0.2) is 0 Å². The number of hydrogen-bond donors (Lipinski definition) is 1. The lowest BCUT2D eigenvalue weighted by Gasteiger charge is -2.21. The van der Waals surface area contributed by atoms with E-state index in [9.17, 15) is 9.59 Å². The minimum absolute atomic E-state index is 0.0222. The third-order valence-electron chi connectivity index (χ3n) is 3.81. The number of carbonyl (C=O) groups excluding carboxylic acids is 2. The Morgan fingerprint density at radius 2 is 1.65 bits per heavy atom. The van der Waals surface area contributed by atoms with E-state index < -0.39 is 0 Å². The highest BCUT2D eigenvalue weighted by Gasteiger charge is 2.16. The summed E-state index contributed by atoms with van der Waals surface area (Å²) < 4.78 is 5.60. The van der Waals surface area contributed by atoms with Gasteiger partial charge < -0.3 is 15.0 Å². The van der Waals surface area contributed by atoms with Gasteiger partial charge in [0.15, 0.2) is 0 Å². The molecule has 0 radical (unpaired) electrons. The van der Waals surface area contributed by atoms with Crippen LogP contribution in [-0.2, 0) is 16.1 Å². The van der Waals surface area contributed by atoms with Crippen LogP contribution in [0, 0.1) is 6.92 Å². The van der Waals surface area contributed by atoms with Crippen LogP contribution in [0.5, 0.6) is 5.75 Å². The van der Waals surface area contributed by atoms with E-state index in [1.165, 1.54) is 17.4 Å². The summed E-state index contributed by atoms with van der Waals surface area (Å²) in [6, 6.07) is 15.1. The van der Waals surface area contributed by atoms with Gasteiger partial charge in [0, 0.05) is 19.2 Å². The van der Waals surface area contributed by atoms with Crippen LogP contribution >= 0.6 is 0 Å². The van der Waals surface area contributed by atoms with Crippen LogP contribution in [0.1, 0.15) is 31.9 Å². The molecular weight excluding hydrogens is 328 g/mol. The Morgan fingerprint density at radius 3 is 2.19 bits per heavy atom.